The molecule has 0 bridgehead atoms. The van der Waals surface area contributed by atoms with Gasteiger partial charge in [-0.1, -0.05) is 54.1 Å². The van der Waals surface area contributed by atoms with Crippen LogP contribution >= 0.6 is 23.8 Å². The van der Waals surface area contributed by atoms with Gasteiger partial charge in [0.1, 0.15) is 0 Å². The van der Waals surface area contributed by atoms with Crippen molar-refractivity contribution in [2.75, 3.05) is 31.1 Å². The normalized spacial score (nSPS) is 14.5. The van der Waals surface area contributed by atoms with E-state index in [-0.39, 0.29) is 0 Å². The van der Waals surface area contributed by atoms with E-state index in [0.717, 1.165) is 48.3 Å². The number of hydrogen-bond donors (Lipinski definition) is 0. The van der Waals surface area contributed by atoms with Gasteiger partial charge < -0.3 is 4.90 Å². The van der Waals surface area contributed by atoms with Gasteiger partial charge in [0.15, 0.2) is 10.6 Å². The predicted octanol–water partition coefficient (Wildman–Crippen LogP) is 4.96. The molecule has 0 unspecified atom stereocenters. The number of piperazine rings is 1. The van der Waals surface area contributed by atoms with Crippen LogP contribution in [-0.2, 0) is 13.2 Å². The van der Waals surface area contributed by atoms with Crippen LogP contribution < -0.4 is 4.90 Å². The molecule has 168 valence electrons. The summed E-state index contributed by atoms with van der Waals surface area (Å²) in [4.78, 5) is 9.01. The minimum atomic E-state index is 0.657. The number of hydrogen-bond acceptors (Lipinski definition) is 5. The first-order valence-electron chi connectivity index (χ1n) is 11.0. The van der Waals surface area contributed by atoms with E-state index in [4.69, 9.17) is 28.9 Å². The molecular weight excluding hydrogens is 452 g/mol. The second-order valence-corrected chi connectivity index (χ2v) is 8.89. The van der Waals surface area contributed by atoms with E-state index in [1.54, 1.807) is 6.20 Å². The van der Waals surface area contributed by atoms with E-state index in [1.165, 1.54) is 5.56 Å². The molecule has 33 heavy (non-hydrogen) atoms. The second kappa shape index (κ2) is 9.87. The highest BCUT2D eigenvalue weighted by molar-refractivity contribution is 7.71. The van der Waals surface area contributed by atoms with Crippen LogP contribution in [0.25, 0.3) is 11.4 Å². The van der Waals surface area contributed by atoms with Gasteiger partial charge in [-0.15, -0.1) is 0 Å². The molecule has 4 aromatic rings. The topological polar surface area (TPSA) is 42.1 Å². The Balaban J connectivity index is 1.37. The summed E-state index contributed by atoms with van der Waals surface area (Å²) in [5.41, 5.74) is 3.25. The van der Waals surface area contributed by atoms with Gasteiger partial charge in [-0.05, 0) is 42.0 Å². The van der Waals surface area contributed by atoms with Crippen LogP contribution in [0, 0.1) is 4.77 Å². The van der Waals surface area contributed by atoms with Crippen molar-refractivity contribution in [1.29, 1.82) is 0 Å². The van der Waals surface area contributed by atoms with Crippen molar-refractivity contribution in [1.82, 2.24) is 24.2 Å². The lowest BCUT2D eigenvalue weighted by atomic mass is 10.2. The fourth-order valence-electron chi connectivity index (χ4n) is 4.18. The standard InChI is InChI=1S/C25H25ClN6S/c26-22-10-4-5-11-23(22)30-15-13-29(14-16-30)19-32-25(33)31(18-20-7-2-1-3-8-20)24(28-32)21-9-6-12-27-17-21/h1-12,17H,13-16,18-19H2. The van der Waals surface area contributed by atoms with Crippen molar-refractivity contribution in [2.45, 2.75) is 13.2 Å². The third-order valence-electron chi connectivity index (χ3n) is 5.93. The molecule has 0 amide bonds. The van der Waals surface area contributed by atoms with E-state index in [1.807, 2.05) is 59.4 Å². The zero-order valence-corrected chi connectivity index (χ0v) is 19.8. The van der Waals surface area contributed by atoms with Crippen molar-refractivity contribution in [3.05, 3.63) is 94.5 Å². The Hall–Kier alpha value is -3.00. The average molecular weight is 477 g/mol. The zero-order valence-electron chi connectivity index (χ0n) is 18.2. The number of aromatic nitrogens is 4. The Bertz CT molecular complexity index is 1260. The molecule has 5 rings (SSSR count). The molecule has 8 heteroatoms. The molecule has 0 N–H and O–H groups in total. The Labute approximate surface area is 203 Å². The molecule has 1 fully saturated rings. The van der Waals surface area contributed by atoms with Crippen LogP contribution in [0.1, 0.15) is 5.56 Å². The van der Waals surface area contributed by atoms with Crippen LogP contribution in [0.5, 0.6) is 0 Å². The van der Waals surface area contributed by atoms with Crippen LogP contribution in [-0.4, -0.2) is 50.4 Å². The molecule has 2 aromatic heterocycles. The minimum absolute atomic E-state index is 0.657. The number of halogens is 1. The summed E-state index contributed by atoms with van der Waals surface area (Å²) < 4.78 is 4.75. The van der Waals surface area contributed by atoms with Crippen molar-refractivity contribution in [3.8, 4) is 11.4 Å². The maximum atomic E-state index is 6.40. The highest BCUT2D eigenvalue weighted by Gasteiger charge is 2.21. The van der Waals surface area contributed by atoms with E-state index in [9.17, 15) is 0 Å². The third-order valence-corrected chi connectivity index (χ3v) is 6.68. The van der Waals surface area contributed by atoms with Gasteiger partial charge in [0.2, 0.25) is 0 Å². The molecule has 0 aliphatic carbocycles. The van der Waals surface area contributed by atoms with Gasteiger partial charge in [0.05, 0.1) is 23.9 Å². The monoisotopic (exact) mass is 476 g/mol. The number of anilines is 1. The SMILES string of the molecule is S=c1n(CN2CCN(c3ccccc3Cl)CC2)nc(-c2cccnc2)n1Cc1ccccc1. The van der Waals surface area contributed by atoms with Gasteiger partial charge >= 0.3 is 0 Å². The molecule has 1 aliphatic rings. The summed E-state index contributed by atoms with van der Waals surface area (Å²) in [7, 11) is 0. The number of benzene rings is 2. The first kappa shape index (κ1) is 21.8. The smallest absolute Gasteiger partial charge is 0.199 e. The van der Waals surface area contributed by atoms with Crippen LogP contribution in [0.15, 0.2) is 79.1 Å². The van der Waals surface area contributed by atoms with Gasteiger partial charge in [0.25, 0.3) is 0 Å². The second-order valence-electron chi connectivity index (χ2n) is 8.12. The molecule has 1 saturated heterocycles. The third kappa shape index (κ3) is 4.85. The van der Waals surface area contributed by atoms with E-state index < -0.39 is 0 Å². The number of rotatable bonds is 6. The summed E-state index contributed by atoms with van der Waals surface area (Å²) in [6.45, 7) is 4.99. The number of nitrogens with zero attached hydrogens (tertiary/aromatic N) is 6. The Morgan fingerprint density at radius 3 is 2.36 bits per heavy atom. The Morgan fingerprint density at radius 1 is 0.879 bits per heavy atom. The first-order valence-corrected chi connectivity index (χ1v) is 11.8. The molecule has 1 aliphatic heterocycles. The molecule has 3 heterocycles. The zero-order chi connectivity index (χ0) is 22.6. The van der Waals surface area contributed by atoms with Crippen LogP contribution in [0.2, 0.25) is 5.02 Å². The van der Waals surface area contributed by atoms with Gasteiger partial charge in [-0.3, -0.25) is 14.5 Å². The summed E-state index contributed by atoms with van der Waals surface area (Å²) in [6, 6.07) is 22.3. The van der Waals surface area contributed by atoms with Crippen LogP contribution in [0.4, 0.5) is 5.69 Å². The van der Waals surface area contributed by atoms with Gasteiger partial charge in [0, 0.05) is 44.1 Å². The quantitative estimate of drug-likeness (QED) is 0.368. The molecule has 0 radical (unpaired) electrons. The Morgan fingerprint density at radius 2 is 1.64 bits per heavy atom. The van der Waals surface area contributed by atoms with Crippen molar-refractivity contribution in [3.63, 3.8) is 0 Å². The van der Waals surface area contributed by atoms with Gasteiger partial charge in [-0.2, -0.15) is 5.10 Å². The number of pyridine rings is 1. The minimum Gasteiger partial charge on any atom is -0.368 e. The summed E-state index contributed by atoms with van der Waals surface area (Å²) in [5, 5.41) is 5.72. The molecule has 0 saturated carbocycles. The van der Waals surface area contributed by atoms with E-state index in [2.05, 4.69) is 37.5 Å². The number of para-hydroxylation sites is 1. The van der Waals surface area contributed by atoms with E-state index >= 15 is 0 Å². The maximum Gasteiger partial charge on any atom is 0.199 e. The predicted molar refractivity (Wildman–Crippen MR) is 135 cm³/mol. The largest absolute Gasteiger partial charge is 0.368 e. The van der Waals surface area contributed by atoms with Crippen molar-refractivity contribution >= 4 is 29.5 Å². The highest BCUT2D eigenvalue weighted by atomic mass is 35.5. The lowest BCUT2D eigenvalue weighted by molar-refractivity contribution is 0.194. The first-order chi connectivity index (χ1) is 16.2. The highest BCUT2D eigenvalue weighted by Crippen LogP contribution is 2.26. The summed E-state index contributed by atoms with van der Waals surface area (Å²) in [5.74, 6) is 0.839. The Kier molecular flexibility index (Phi) is 6.53. The fourth-order valence-corrected chi connectivity index (χ4v) is 4.68. The molecule has 2 aromatic carbocycles. The lowest BCUT2D eigenvalue weighted by Gasteiger charge is -2.36. The fraction of sp³-hybridized carbons (Fsp3) is 0.240. The van der Waals surface area contributed by atoms with Crippen molar-refractivity contribution in [2.24, 2.45) is 0 Å². The summed E-state index contributed by atoms with van der Waals surface area (Å²) in [6.07, 6.45) is 3.61. The van der Waals surface area contributed by atoms with Gasteiger partial charge in [-0.25, -0.2) is 4.68 Å². The van der Waals surface area contributed by atoms with Crippen molar-refractivity contribution < 1.29 is 0 Å². The summed E-state index contributed by atoms with van der Waals surface area (Å²) >= 11 is 12.3. The molecule has 6 nitrogen and oxygen atoms in total. The van der Waals surface area contributed by atoms with E-state index in [0.29, 0.717) is 18.0 Å². The molecule has 0 spiro atoms. The average Bonchev–Trinajstić information content (AvgIpc) is 3.16. The maximum absolute atomic E-state index is 6.40. The lowest BCUT2D eigenvalue weighted by Crippen LogP contribution is -2.47. The molecule has 0 atom stereocenters. The van der Waals surface area contributed by atoms with Crippen LogP contribution in [0.3, 0.4) is 0 Å². The molecular formula is C25H25ClN6S.